The van der Waals surface area contributed by atoms with Gasteiger partial charge in [0.15, 0.2) is 0 Å². The van der Waals surface area contributed by atoms with E-state index >= 15 is 0 Å². The summed E-state index contributed by atoms with van der Waals surface area (Å²) < 4.78 is 10.1. The van der Waals surface area contributed by atoms with Crippen molar-refractivity contribution < 1.29 is 19.1 Å². The molecule has 0 spiro atoms. The molecule has 0 saturated heterocycles. The van der Waals surface area contributed by atoms with Gasteiger partial charge in [0, 0.05) is 12.8 Å². The first-order valence-corrected chi connectivity index (χ1v) is 11.7. The molecule has 0 saturated carbocycles. The van der Waals surface area contributed by atoms with Gasteiger partial charge in [-0.1, -0.05) is 55.6 Å². The Bertz CT molecular complexity index is 557. The number of esters is 2. The minimum absolute atomic E-state index is 0.147. The second-order valence-electron chi connectivity index (χ2n) is 6.48. The Hall–Kier alpha value is -1.62. The lowest BCUT2D eigenvalue weighted by Crippen LogP contribution is -2.22. The van der Waals surface area contributed by atoms with Crippen molar-refractivity contribution in [3.05, 3.63) is 29.3 Å². The zero-order valence-corrected chi connectivity index (χ0v) is 18.1. The topological polar surface area (TPSA) is 52.6 Å². The van der Waals surface area contributed by atoms with Crippen LogP contribution in [0.3, 0.4) is 0 Å². The molecule has 26 heavy (non-hydrogen) atoms. The minimum atomic E-state index is -0.353. The maximum absolute atomic E-state index is 11.8. The van der Waals surface area contributed by atoms with Crippen molar-refractivity contribution >= 4 is 26.6 Å². The number of unbranched alkanes of at least 4 members (excludes halogenated alkanes) is 2. The van der Waals surface area contributed by atoms with Gasteiger partial charge in [-0.15, -0.1) is 0 Å². The standard InChI is InChI=1S/C21H34O4Si/c1-4-7-8-16-26-19-11-9-10-17(12-14-20(22)24-5-2)18(19)13-15-21(23)25-6-3/h9-11H,4-8,12-16,26H2,1-3H3. The van der Waals surface area contributed by atoms with E-state index in [0.717, 1.165) is 0 Å². The Balaban J connectivity index is 2.83. The van der Waals surface area contributed by atoms with Gasteiger partial charge in [0.05, 0.1) is 22.7 Å². The van der Waals surface area contributed by atoms with E-state index in [9.17, 15) is 9.59 Å². The summed E-state index contributed by atoms with van der Waals surface area (Å²) in [7, 11) is -0.353. The van der Waals surface area contributed by atoms with Crippen LogP contribution in [0, 0.1) is 0 Å². The quantitative estimate of drug-likeness (QED) is 0.301. The molecule has 0 heterocycles. The molecule has 146 valence electrons. The molecule has 0 aliphatic heterocycles. The number of aryl methyl sites for hydroxylation is 1. The molecule has 0 bridgehead atoms. The number of hydrogen-bond acceptors (Lipinski definition) is 4. The first kappa shape index (κ1) is 22.4. The fraction of sp³-hybridized carbons (Fsp3) is 0.619. The molecule has 0 N–H and O–H groups in total. The van der Waals surface area contributed by atoms with Crippen molar-refractivity contribution in [2.75, 3.05) is 13.2 Å². The molecule has 0 atom stereocenters. The summed E-state index contributed by atoms with van der Waals surface area (Å²) in [5.74, 6) is -0.305. The van der Waals surface area contributed by atoms with Crippen LogP contribution in [-0.2, 0) is 31.9 Å². The number of hydrogen-bond donors (Lipinski definition) is 0. The average Bonchev–Trinajstić information content (AvgIpc) is 2.63. The van der Waals surface area contributed by atoms with Crippen LogP contribution in [0.1, 0.15) is 64.0 Å². The Morgan fingerprint density at radius 3 is 2.19 bits per heavy atom. The highest BCUT2D eigenvalue weighted by molar-refractivity contribution is 6.54. The van der Waals surface area contributed by atoms with E-state index in [1.807, 2.05) is 13.8 Å². The van der Waals surface area contributed by atoms with Gasteiger partial charge in [0.25, 0.3) is 0 Å². The highest BCUT2D eigenvalue weighted by Crippen LogP contribution is 2.14. The first-order chi connectivity index (χ1) is 12.6. The lowest BCUT2D eigenvalue weighted by Gasteiger charge is -2.15. The van der Waals surface area contributed by atoms with Gasteiger partial charge in [-0.25, -0.2) is 0 Å². The third kappa shape index (κ3) is 8.65. The number of carbonyl (C=O) groups is 2. The summed E-state index contributed by atoms with van der Waals surface area (Å²) >= 11 is 0. The number of rotatable bonds is 13. The monoisotopic (exact) mass is 378 g/mol. The predicted molar refractivity (Wildman–Crippen MR) is 109 cm³/mol. The molecule has 4 nitrogen and oxygen atoms in total. The van der Waals surface area contributed by atoms with Crippen LogP contribution in [-0.4, -0.2) is 34.7 Å². The summed E-state index contributed by atoms with van der Waals surface area (Å²) in [4.78, 5) is 23.5. The van der Waals surface area contributed by atoms with Crippen LogP contribution >= 0.6 is 0 Å². The smallest absolute Gasteiger partial charge is 0.306 e. The van der Waals surface area contributed by atoms with Crippen molar-refractivity contribution in [1.82, 2.24) is 0 Å². The highest BCUT2D eigenvalue weighted by Gasteiger charge is 2.13. The Labute approximate surface area is 160 Å². The number of carbonyl (C=O) groups excluding carboxylic acids is 2. The summed E-state index contributed by atoms with van der Waals surface area (Å²) in [6.45, 7) is 6.71. The van der Waals surface area contributed by atoms with Gasteiger partial charge >= 0.3 is 11.9 Å². The minimum Gasteiger partial charge on any atom is -0.466 e. The molecule has 0 aliphatic carbocycles. The zero-order chi connectivity index (χ0) is 19.2. The van der Waals surface area contributed by atoms with Crippen LogP contribution in [0.4, 0.5) is 0 Å². The van der Waals surface area contributed by atoms with E-state index in [1.54, 1.807) is 0 Å². The fourth-order valence-corrected chi connectivity index (χ4v) is 5.14. The van der Waals surface area contributed by atoms with Gasteiger partial charge in [-0.2, -0.15) is 0 Å². The summed E-state index contributed by atoms with van der Waals surface area (Å²) in [5.41, 5.74) is 2.45. The van der Waals surface area contributed by atoms with Crippen molar-refractivity contribution in [2.24, 2.45) is 0 Å². The second-order valence-corrected chi connectivity index (χ2v) is 8.44. The number of ether oxygens (including phenoxy) is 2. The molecule has 1 rings (SSSR count). The molecule has 5 heteroatoms. The van der Waals surface area contributed by atoms with E-state index in [1.165, 1.54) is 41.6 Å². The maximum atomic E-state index is 11.8. The third-order valence-electron chi connectivity index (χ3n) is 4.46. The second kappa shape index (κ2) is 13.6. The van der Waals surface area contributed by atoms with E-state index in [4.69, 9.17) is 9.47 Å². The van der Waals surface area contributed by atoms with E-state index < -0.39 is 0 Å². The average molecular weight is 379 g/mol. The Morgan fingerprint density at radius 1 is 0.923 bits per heavy atom. The Morgan fingerprint density at radius 2 is 1.58 bits per heavy atom. The molecular formula is C21H34O4Si. The van der Waals surface area contributed by atoms with Crippen LogP contribution < -0.4 is 5.19 Å². The predicted octanol–water partition coefficient (Wildman–Crippen LogP) is 3.08. The van der Waals surface area contributed by atoms with Crippen LogP contribution in [0.25, 0.3) is 0 Å². The van der Waals surface area contributed by atoms with Gasteiger partial charge in [-0.3, -0.25) is 9.59 Å². The van der Waals surface area contributed by atoms with Gasteiger partial charge in [-0.05, 0) is 37.8 Å². The summed E-state index contributed by atoms with van der Waals surface area (Å²) in [6, 6.07) is 7.69. The van der Waals surface area contributed by atoms with E-state index in [0.29, 0.717) is 38.9 Å². The maximum Gasteiger partial charge on any atom is 0.306 e. The fourth-order valence-electron chi connectivity index (χ4n) is 3.15. The van der Waals surface area contributed by atoms with Crippen LogP contribution in [0.2, 0.25) is 6.04 Å². The number of benzene rings is 1. The molecule has 1 aromatic rings. The van der Waals surface area contributed by atoms with Crippen LogP contribution in [0.5, 0.6) is 0 Å². The Kier molecular flexibility index (Phi) is 11.7. The lowest BCUT2D eigenvalue weighted by molar-refractivity contribution is -0.144. The van der Waals surface area contributed by atoms with Gasteiger partial charge < -0.3 is 9.47 Å². The molecule has 0 amide bonds. The molecule has 0 unspecified atom stereocenters. The van der Waals surface area contributed by atoms with E-state index in [-0.39, 0.29) is 21.5 Å². The molecule has 1 aromatic carbocycles. The molecule has 0 aromatic heterocycles. The van der Waals surface area contributed by atoms with Crippen molar-refractivity contribution in [1.29, 1.82) is 0 Å². The van der Waals surface area contributed by atoms with Crippen molar-refractivity contribution in [3.8, 4) is 0 Å². The van der Waals surface area contributed by atoms with Crippen LogP contribution in [0.15, 0.2) is 18.2 Å². The summed E-state index contributed by atoms with van der Waals surface area (Å²) in [5, 5.41) is 1.44. The van der Waals surface area contributed by atoms with Gasteiger partial charge in [0.1, 0.15) is 0 Å². The van der Waals surface area contributed by atoms with Crippen molar-refractivity contribution in [3.63, 3.8) is 0 Å². The lowest BCUT2D eigenvalue weighted by atomic mass is 9.99. The van der Waals surface area contributed by atoms with Gasteiger partial charge in [0.2, 0.25) is 0 Å². The molecular weight excluding hydrogens is 344 g/mol. The highest BCUT2D eigenvalue weighted by atomic mass is 28.2. The molecule has 0 aliphatic rings. The van der Waals surface area contributed by atoms with Crippen molar-refractivity contribution in [2.45, 2.75) is 71.8 Å². The largest absolute Gasteiger partial charge is 0.466 e. The molecule has 0 fully saturated rings. The SMILES string of the molecule is CCCCC[SiH2]c1cccc(CCC(=O)OCC)c1CCC(=O)OCC. The first-order valence-electron chi connectivity index (χ1n) is 10.0. The summed E-state index contributed by atoms with van der Waals surface area (Å²) in [6.07, 6.45) is 5.98. The zero-order valence-electron chi connectivity index (χ0n) is 16.6. The normalized spacial score (nSPS) is 11.0. The molecule has 0 radical (unpaired) electrons. The third-order valence-corrected chi connectivity index (χ3v) is 6.51. The van der Waals surface area contributed by atoms with E-state index in [2.05, 4.69) is 25.1 Å².